The van der Waals surface area contributed by atoms with Crippen LogP contribution in [0.15, 0.2) is 24.3 Å². The van der Waals surface area contributed by atoms with Crippen LogP contribution in [0.1, 0.15) is 12.5 Å². The van der Waals surface area contributed by atoms with Crippen LogP contribution in [0.3, 0.4) is 0 Å². The van der Waals surface area contributed by atoms with Gasteiger partial charge < -0.3 is 5.32 Å². The zero-order chi connectivity index (χ0) is 15.3. The van der Waals surface area contributed by atoms with Crippen molar-refractivity contribution in [2.75, 3.05) is 30.9 Å². The third kappa shape index (κ3) is 6.16. The van der Waals surface area contributed by atoms with Gasteiger partial charge in [0.1, 0.15) is 9.84 Å². The maximum absolute atomic E-state index is 11.9. The molecule has 1 amide bonds. The largest absolute Gasteiger partial charge is 0.325 e. The van der Waals surface area contributed by atoms with Crippen molar-refractivity contribution in [3.05, 3.63) is 29.8 Å². The Kier molecular flexibility index (Phi) is 5.71. The molecule has 1 aromatic rings. The summed E-state index contributed by atoms with van der Waals surface area (Å²) in [6, 6.07) is 7.33. The predicted molar refractivity (Wildman–Crippen MR) is 81.6 cm³/mol. The second-order valence-electron chi connectivity index (χ2n) is 5.27. The van der Waals surface area contributed by atoms with E-state index < -0.39 is 9.84 Å². The topological polar surface area (TPSA) is 66.5 Å². The fourth-order valence-corrected chi connectivity index (χ4v) is 2.92. The minimum Gasteiger partial charge on any atom is -0.325 e. The number of carbonyl (C=O) groups is 1. The quantitative estimate of drug-likeness (QED) is 0.859. The zero-order valence-electron chi connectivity index (χ0n) is 12.4. The van der Waals surface area contributed by atoms with Gasteiger partial charge in [-0.15, -0.1) is 0 Å². The summed E-state index contributed by atoms with van der Waals surface area (Å²) in [4.78, 5) is 13.6. The lowest BCUT2D eigenvalue weighted by Gasteiger charge is -2.23. The molecule has 6 heteroatoms. The molecule has 0 aliphatic rings. The molecule has 0 aromatic heterocycles. The third-order valence-corrected chi connectivity index (χ3v) is 4.11. The van der Waals surface area contributed by atoms with Crippen LogP contribution < -0.4 is 5.32 Å². The molecular weight excluding hydrogens is 276 g/mol. The normalized spacial score (nSPS) is 13.2. The van der Waals surface area contributed by atoms with Gasteiger partial charge >= 0.3 is 0 Å². The number of sulfone groups is 1. The van der Waals surface area contributed by atoms with Crippen molar-refractivity contribution in [1.29, 1.82) is 0 Å². The molecule has 0 heterocycles. The van der Waals surface area contributed by atoms with E-state index in [1.54, 1.807) is 18.9 Å². The zero-order valence-corrected chi connectivity index (χ0v) is 13.2. The summed E-state index contributed by atoms with van der Waals surface area (Å²) in [6.45, 7) is 3.93. The van der Waals surface area contributed by atoms with E-state index in [9.17, 15) is 13.2 Å². The molecule has 0 radical (unpaired) electrons. The predicted octanol–water partition coefficient (Wildman–Crippen LogP) is 1.30. The fourth-order valence-electron chi connectivity index (χ4n) is 1.79. The van der Waals surface area contributed by atoms with E-state index >= 15 is 0 Å². The summed E-state index contributed by atoms with van der Waals surface area (Å²) >= 11 is 0. The Labute approximate surface area is 120 Å². The van der Waals surface area contributed by atoms with Gasteiger partial charge in [0.05, 0.1) is 12.3 Å². The van der Waals surface area contributed by atoms with E-state index in [0.29, 0.717) is 0 Å². The summed E-state index contributed by atoms with van der Waals surface area (Å²) in [6.07, 6.45) is 1.20. The van der Waals surface area contributed by atoms with E-state index in [1.807, 2.05) is 31.2 Å². The Bertz CT molecular complexity index is 552. The molecule has 1 rings (SSSR count). The van der Waals surface area contributed by atoms with Crippen molar-refractivity contribution < 1.29 is 13.2 Å². The molecule has 112 valence electrons. The van der Waals surface area contributed by atoms with Crippen molar-refractivity contribution in [3.63, 3.8) is 0 Å². The standard InChI is InChI=1S/C14H22N2O3S/c1-11-5-7-13(8-6-11)15-14(17)9-16(3)12(2)10-20(4,18)19/h5-8,12H,9-10H2,1-4H3,(H,15,17). The first-order chi connectivity index (χ1) is 9.17. The maximum atomic E-state index is 11.9. The van der Waals surface area contributed by atoms with Crippen LogP contribution >= 0.6 is 0 Å². The highest BCUT2D eigenvalue weighted by Crippen LogP contribution is 2.08. The van der Waals surface area contributed by atoms with E-state index in [-0.39, 0.29) is 24.2 Å². The minimum absolute atomic E-state index is 0.0430. The van der Waals surface area contributed by atoms with E-state index in [2.05, 4.69) is 5.32 Å². The van der Waals surface area contributed by atoms with Crippen LogP contribution in [0, 0.1) is 6.92 Å². The van der Waals surface area contributed by atoms with Gasteiger partial charge in [-0.2, -0.15) is 0 Å². The lowest BCUT2D eigenvalue weighted by molar-refractivity contribution is -0.117. The van der Waals surface area contributed by atoms with E-state index in [1.165, 1.54) is 6.26 Å². The van der Waals surface area contributed by atoms with Gasteiger partial charge in [0.2, 0.25) is 5.91 Å². The molecule has 0 saturated heterocycles. The van der Waals surface area contributed by atoms with Crippen molar-refractivity contribution in [1.82, 2.24) is 4.90 Å². The first kappa shape index (κ1) is 16.7. The SMILES string of the molecule is Cc1ccc(NC(=O)CN(C)C(C)CS(C)(=O)=O)cc1. The van der Waals surface area contributed by atoms with Gasteiger partial charge in [0.25, 0.3) is 0 Å². The molecule has 1 unspecified atom stereocenters. The molecule has 0 saturated carbocycles. The number of rotatable bonds is 6. The third-order valence-electron chi connectivity index (χ3n) is 3.02. The van der Waals surface area contributed by atoms with Gasteiger partial charge in [-0.1, -0.05) is 17.7 Å². The first-order valence-electron chi connectivity index (χ1n) is 6.42. The number of anilines is 1. The van der Waals surface area contributed by atoms with Gasteiger partial charge in [-0.3, -0.25) is 9.69 Å². The lowest BCUT2D eigenvalue weighted by atomic mass is 10.2. The van der Waals surface area contributed by atoms with E-state index in [0.717, 1.165) is 11.3 Å². The molecule has 20 heavy (non-hydrogen) atoms. The van der Waals surface area contributed by atoms with Gasteiger partial charge in [0.15, 0.2) is 0 Å². The Balaban J connectivity index is 2.51. The smallest absolute Gasteiger partial charge is 0.238 e. The van der Waals surface area contributed by atoms with Crippen molar-refractivity contribution >= 4 is 21.4 Å². The van der Waals surface area contributed by atoms with Gasteiger partial charge in [-0.05, 0) is 33.0 Å². The monoisotopic (exact) mass is 298 g/mol. The highest BCUT2D eigenvalue weighted by atomic mass is 32.2. The number of likely N-dealkylation sites (N-methyl/N-ethyl adjacent to an activating group) is 1. The number of nitrogens with zero attached hydrogens (tertiary/aromatic N) is 1. The van der Waals surface area contributed by atoms with Crippen LogP contribution in [0.2, 0.25) is 0 Å². The van der Waals surface area contributed by atoms with Crippen LogP contribution in [-0.4, -0.2) is 50.9 Å². The maximum Gasteiger partial charge on any atom is 0.238 e. The fraction of sp³-hybridized carbons (Fsp3) is 0.500. The number of amides is 1. The second-order valence-corrected chi connectivity index (χ2v) is 7.46. The number of aryl methyl sites for hydroxylation is 1. The summed E-state index contributed by atoms with van der Waals surface area (Å²) in [5, 5.41) is 2.79. The van der Waals surface area contributed by atoms with Crippen LogP contribution in [0.5, 0.6) is 0 Å². The minimum atomic E-state index is -3.04. The Morgan fingerprint density at radius 3 is 2.35 bits per heavy atom. The van der Waals surface area contributed by atoms with Crippen LogP contribution in [-0.2, 0) is 14.6 Å². The second kappa shape index (κ2) is 6.85. The summed E-state index contributed by atoms with van der Waals surface area (Å²) in [7, 11) is -1.30. The number of hydrogen-bond donors (Lipinski definition) is 1. The van der Waals surface area contributed by atoms with Gasteiger partial charge in [0, 0.05) is 18.0 Å². The molecule has 1 aromatic carbocycles. The summed E-state index contributed by atoms with van der Waals surface area (Å²) < 4.78 is 22.5. The molecule has 0 aliphatic heterocycles. The van der Waals surface area contributed by atoms with E-state index in [4.69, 9.17) is 0 Å². The number of carbonyl (C=O) groups excluding carboxylic acids is 1. The first-order valence-corrected chi connectivity index (χ1v) is 8.48. The average molecular weight is 298 g/mol. The average Bonchev–Trinajstić information content (AvgIpc) is 2.29. The molecule has 1 atom stereocenters. The molecule has 0 aliphatic carbocycles. The summed E-state index contributed by atoms with van der Waals surface area (Å²) in [5.74, 6) is -0.113. The highest BCUT2D eigenvalue weighted by Gasteiger charge is 2.17. The molecule has 5 nitrogen and oxygen atoms in total. The number of nitrogens with one attached hydrogen (secondary N) is 1. The molecular formula is C14H22N2O3S. The highest BCUT2D eigenvalue weighted by molar-refractivity contribution is 7.90. The molecule has 1 N–H and O–H groups in total. The Hall–Kier alpha value is -1.40. The van der Waals surface area contributed by atoms with Crippen LogP contribution in [0.4, 0.5) is 5.69 Å². The molecule has 0 spiro atoms. The van der Waals surface area contributed by atoms with Crippen molar-refractivity contribution in [2.24, 2.45) is 0 Å². The number of benzene rings is 1. The van der Waals surface area contributed by atoms with Gasteiger partial charge in [-0.25, -0.2) is 8.42 Å². The number of hydrogen-bond acceptors (Lipinski definition) is 4. The Morgan fingerprint density at radius 1 is 1.30 bits per heavy atom. The van der Waals surface area contributed by atoms with Crippen LogP contribution in [0.25, 0.3) is 0 Å². The Morgan fingerprint density at radius 2 is 1.85 bits per heavy atom. The lowest BCUT2D eigenvalue weighted by Crippen LogP contribution is -2.39. The van der Waals surface area contributed by atoms with Crippen molar-refractivity contribution in [3.8, 4) is 0 Å². The van der Waals surface area contributed by atoms with Crippen molar-refractivity contribution in [2.45, 2.75) is 19.9 Å². The molecule has 0 bridgehead atoms. The molecule has 0 fully saturated rings. The summed E-state index contributed by atoms with van der Waals surface area (Å²) in [5.41, 5.74) is 1.87.